The van der Waals surface area contributed by atoms with Crippen molar-refractivity contribution in [2.24, 2.45) is 0 Å². The van der Waals surface area contributed by atoms with Crippen LogP contribution in [0.25, 0.3) is 11.5 Å². The minimum Gasteiger partial charge on any atom is -0.309 e. The highest BCUT2D eigenvalue weighted by Gasteiger charge is 2.26. The van der Waals surface area contributed by atoms with Crippen LogP contribution in [0.3, 0.4) is 0 Å². The number of rotatable bonds is 2. The zero-order chi connectivity index (χ0) is 8.67. The number of thiazole rings is 1. The minimum absolute atomic E-state index is 0.617. The van der Waals surface area contributed by atoms with Gasteiger partial charge < -0.3 is 4.57 Å². The van der Waals surface area contributed by atoms with Crippen molar-refractivity contribution in [3.63, 3.8) is 0 Å². The van der Waals surface area contributed by atoms with Crippen LogP contribution >= 0.6 is 11.3 Å². The summed E-state index contributed by atoms with van der Waals surface area (Å²) in [6.45, 7) is 0. The van der Waals surface area contributed by atoms with Crippen LogP contribution in [-0.2, 0) is 0 Å². The molecule has 4 nitrogen and oxygen atoms in total. The molecular formula is C8H8N4S. The van der Waals surface area contributed by atoms with Crippen LogP contribution in [0.15, 0.2) is 17.2 Å². The number of hydrogen-bond acceptors (Lipinski definition) is 4. The fourth-order valence-corrected chi connectivity index (χ4v) is 1.90. The summed E-state index contributed by atoms with van der Waals surface area (Å²) in [6.07, 6.45) is 4.29. The zero-order valence-electron chi connectivity index (χ0n) is 6.92. The first kappa shape index (κ1) is 7.20. The van der Waals surface area contributed by atoms with Crippen molar-refractivity contribution in [2.75, 3.05) is 0 Å². The Hall–Kier alpha value is -1.23. The van der Waals surface area contributed by atoms with Crippen LogP contribution in [0.4, 0.5) is 0 Å². The maximum Gasteiger partial charge on any atom is 0.183 e. The molecule has 1 fully saturated rings. The first-order valence-electron chi connectivity index (χ1n) is 4.23. The Labute approximate surface area is 79.3 Å². The molecule has 0 aliphatic heterocycles. The molecule has 0 radical (unpaired) electrons. The van der Waals surface area contributed by atoms with Crippen molar-refractivity contribution in [1.29, 1.82) is 0 Å². The molecule has 0 amide bonds. The molecule has 2 aromatic heterocycles. The van der Waals surface area contributed by atoms with E-state index in [4.69, 9.17) is 0 Å². The average molecular weight is 192 g/mol. The topological polar surface area (TPSA) is 43.6 Å². The summed E-state index contributed by atoms with van der Waals surface area (Å²) in [7, 11) is 0. The SMILES string of the molecule is c1nc(-c2nncn2C2CC2)cs1. The van der Waals surface area contributed by atoms with Crippen molar-refractivity contribution in [3.05, 3.63) is 17.2 Å². The van der Waals surface area contributed by atoms with Gasteiger partial charge in [0.05, 0.1) is 5.51 Å². The third-order valence-corrected chi connectivity index (χ3v) is 2.76. The molecule has 0 atom stereocenters. The number of aromatic nitrogens is 4. The normalized spacial score (nSPS) is 16.3. The van der Waals surface area contributed by atoms with Gasteiger partial charge in [-0.25, -0.2) is 4.98 Å². The lowest BCUT2D eigenvalue weighted by Crippen LogP contribution is -1.95. The second-order valence-electron chi connectivity index (χ2n) is 3.17. The van der Waals surface area contributed by atoms with Crippen molar-refractivity contribution in [3.8, 4) is 11.5 Å². The molecule has 5 heteroatoms. The predicted octanol–water partition coefficient (Wildman–Crippen LogP) is 1.74. The summed E-state index contributed by atoms with van der Waals surface area (Å²) >= 11 is 1.59. The Morgan fingerprint density at radius 1 is 1.46 bits per heavy atom. The summed E-state index contributed by atoms with van der Waals surface area (Å²) in [5, 5.41) is 10.00. The highest BCUT2D eigenvalue weighted by atomic mass is 32.1. The van der Waals surface area contributed by atoms with Crippen LogP contribution in [0.5, 0.6) is 0 Å². The van der Waals surface area contributed by atoms with Gasteiger partial charge in [0, 0.05) is 11.4 Å². The molecule has 13 heavy (non-hydrogen) atoms. The van der Waals surface area contributed by atoms with E-state index in [9.17, 15) is 0 Å². The molecule has 0 saturated heterocycles. The Morgan fingerprint density at radius 2 is 2.38 bits per heavy atom. The first-order valence-corrected chi connectivity index (χ1v) is 5.17. The fourth-order valence-electron chi connectivity index (χ4n) is 1.37. The molecule has 2 aromatic rings. The van der Waals surface area contributed by atoms with Gasteiger partial charge in [-0.3, -0.25) is 0 Å². The summed E-state index contributed by atoms with van der Waals surface area (Å²) in [5.41, 5.74) is 2.76. The van der Waals surface area contributed by atoms with Gasteiger partial charge in [-0.2, -0.15) is 0 Å². The van der Waals surface area contributed by atoms with Crippen LogP contribution < -0.4 is 0 Å². The first-order chi connectivity index (χ1) is 6.45. The molecule has 0 spiro atoms. The van der Waals surface area contributed by atoms with Crippen molar-refractivity contribution in [1.82, 2.24) is 19.7 Å². The van der Waals surface area contributed by atoms with E-state index in [2.05, 4.69) is 19.7 Å². The Bertz CT molecular complexity index is 401. The Morgan fingerprint density at radius 3 is 3.08 bits per heavy atom. The molecule has 1 aliphatic carbocycles. The molecule has 3 rings (SSSR count). The zero-order valence-corrected chi connectivity index (χ0v) is 7.74. The summed E-state index contributed by atoms with van der Waals surface area (Å²) < 4.78 is 2.12. The standard InChI is InChI=1S/C8H8N4S/c1-2-6(1)12-4-10-11-8(12)7-3-13-5-9-7/h3-6H,1-2H2. The predicted molar refractivity (Wildman–Crippen MR) is 49.4 cm³/mol. The van der Waals surface area contributed by atoms with E-state index in [0.717, 1.165) is 11.5 Å². The molecule has 0 unspecified atom stereocenters. The third-order valence-electron chi connectivity index (χ3n) is 2.17. The van der Waals surface area contributed by atoms with E-state index in [1.165, 1.54) is 12.8 Å². The molecule has 0 bridgehead atoms. The van der Waals surface area contributed by atoms with E-state index >= 15 is 0 Å². The van der Waals surface area contributed by atoms with Gasteiger partial charge in [-0.15, -0.1) is 21.5 Å². The van der Waals surface area contributed by atoms with Crippen LogP contribution in [0.2, 0.25) is 0 Å². The monoisotopic (exact) mass is 192 g/mol. The maximum atomic E-state index is 4.22. The van der Waals surface area contributed by atoms with Crippen LogP contribution in [0.1, 0.15) is 18.9 Å². The fraction of sp³-hybridized carbons (Fsp3) is 0.375. The van der Waals surface area contributed by atoms with E-state index in [0.29, 0.717) is 6.04 Å². The molecule has 0 N–H and O–H groups in total. The van der Waals surface area contributed by atoms with Crippen molar-refractivity contribution >= 4 is 11.3 Å². The highest BCUT2D eigenvalue weighted by molar-refractivity contribution is 7.07. The quantitative estimate of drug-likeness (QED) is 0.727. The van der Waals surface area contributed by atoms with Crippen molar-refractivity contribution < 1.29 is 0 Å². The second kappa shape index (κ2) is 2.63. The van der Waals surface area contributed by atoms with E-state index in [-0.39, 0.29) is 0 Å². The number of nitrogens with zero attached hydrogens (tertiary/aromatic N) is 4. The molecule has 1 saturated carbocycles. The lowest BCUT2D eigenvalue weighted by atomic mass is 10.4. The second-order valence-corrected chi connectivity index (χ2v) is 3.89. The Kier molecular flexibility index (Phi) is 1.46. The Balaban J connectivity index is 2.08. The lowest BCUT2D eigenvalue weighted by Gasteiger charge is -1.99. The molecule has 0 aromatic carbocycles. The van der Waals surface area contributed by atoms with E-state index in [1.54, 1.807) is 17.7 Å². The summed E-state index contributed by atoms with van der Waals surface area (Å²) in [4.78, 5) is 4.22. The molecule has 66 valence electrons. The summed E-state index contributed by atoms with van der Waals surface area (Å²) in [6, 6.07) is 0.617. The van der Waals surface area contributed by atoms with Gasteiger partial charge >= 0.3 is 0 Å². The third kappa shape index (κ3) is 1.16. The lowest BCUT2D eigenvalue weighted by molar-refractivity contribution is 0.744. The minimum atomic E-state index is 0.617. The van der Waals surface area contributed by atoms with Gasteiger partial charge in [0.2, 0.25) is 0 Å². The number of hydrogen-bond donors (Lipinski definition) is 0. The highest BCUT2D eigenvalue weighted by Crippen LogP contribution is 2.37. The average Bonchev–Trinajstić information content (AvgIpc) is 2.72. The molecule has 2 heterocycles. The summed E-state index contributed by atoms with van der Waals surface area (Å²) in [5.74, 6) is 0.906. The molecular weight excluding hydrogens is 184 g/mol. The maximum absolute atomic E-state index is 4.22. The van der Waals surface area contributed by atoms with E-state index < -0.39 is 0 Å². The van der Waals surface area contributed by atoms with Gasteiger partial charge in [0.1, 0.15) is 12.0 Å². The largest absolute Gasteiger partial charge is 0.309 e. The van der Waals surface area contributed by atoms with E-state index in [1.807, 2.05) is 10.9 Å². The van der Waals surface area contributed by atoms with Gasteiger partial charge in [-0.05, 0) is 12.8 Å². The van der Waals surface area contributed by atoms with Crippen molar-refractivity contribution in [2.45, 2.75) is 18.9 Å². The van der Waals surface area contributed by atoms with Gasteiger partial charge in [0.25, 0.3) is 0 Å². The van der Waals surface area contributed by atoms with Gasteiger partial charge in [-0.1, -0.05) is 0 Å². The molecule has 1 aliphatic rings. The van der Waals surface area contributed by atoms with Crippen LogP contribution in [0, 0.1) is 0 Å². The van der Waals surface area contributed by atoms with Crippen LogP contribution in [-0.4, -0.2) is 19.7 Å². The smallest absolute Gasteiger partial charge is 0.183 e. The van der Waals surface area contributed by atoms with Gasteiger partial charge in [0.15, 0.2) is 5.82 Å².